The van der Waals surface area contributed by atoms with Crippen LogP contribution in [0.25, 0.3) is 0 Å². The third kappa shape index (κ3) is 9.42. The number of aromatic nitrogens is 3. The van der Waals surface area contributed by atoms with Gasteiger partial charge in [0, 0.05) is 32.4 Å². The van der Waals surface area contributed by atoms with Gasteiger partial charge in [-0.1, -0.05) is 12.1 Å². The van der Waals surface area contributed by atoms with Crippen molar-refractivity contribution >= 4 is 29.9 Å². The van der Waals surface area contributed by atoms with Crippen molar-refractivity contribution in [3.63, 3.8) is 0 Å². The fraction of sp³-hybridized carbons (Fsp3) is 0.591. The lowest BCUT2D eigenvalue weighted by molar-refractivity contribution is 0.145. The molecule has 2 N–H and O–H groups in total. The Bertz CT molecular complexity index is 822. The van der Waals surface area contributed by atoms with Crippen LogP contribution in [0.2, 0.25) is 0 Å². The molecule has 0 amide bonds. The zero-order valence-electron chi connectivity index (χ0n) is 19.6. The van der Waals surface area contributed by atoms with Crippen LogP contribution < -0.4 is 15.4 Å². The number of guanidine groups is 1. The van der Waals surface area contributed by atoms with E-state index in [1.807, 2.05) is 39.3 Å². The number of aryl methyl sites for hydroxylation is 2. The van der Waals surface area contributed by atoms with Crippen LogP contribution in [0.4, 0.5) is 0 Å². The molecule has 1 heterocycles. The van der Waals surface area contributed by atoms with Crippen LogP contribution in [0.1, 0.15) is 50.0 Å². The van der Waals surface area contributed by atoms with Gasteiger partial charge in [-0.2, -0.15) is 0 Å². The van der Waals surface area contributed by atoms with Crippen molar-refractivity contribution in [2.24, 2.45) is 12.0 Å². The van der Waals surface area contributed by atoms with Gasteiger partial charge in [-0.25, -0.2) is 4.99 Å². The fourth-order valence-electron chi connectivity index (χ4n) is 2.79. The maximum Gasteiger partial charge on any atom is 0.191 e. The maximum absolute atomic E-state index is 5.98. The molecule has 174 valence electrons. The normalized spacial score (nSPS) is 11.4. The van der Waals surface area contributed by atoms with Crippen molar-refractivity contribution in [1.82, 2.24) is 25.4 Å². The van der Waals surface area contributed by atoms with Gasteiger partial charge >= 0.3 is 0 Å². The lowest BCUT2D eigenvalue weighted by Crippen LogP contribution is -2.38. The predicted octanol–water partition coefficient (Wildman–Crippen LogP) is 3.50. The van der Waals surface area contributed by atoms with Gasteiger partial charge in [-0.05, 0) is 52.7 Å². The molecule has 0 aliphatic carbocycles. The molecule has 0 atom stereocenters. The lowest BCUT2D eigenvalue weighted by Gasteiger charge is -2.16. The molecule has 1 aromatic carbocycles. The second kappa shape index (κ2) is 14.2. The average molecular weight is 544 g/mol. The molecule has 0 unspecified atom stereocenters. The zero-order chi connectivity index (χ0) is 21.9. The van der Waals surface area contributed by atoms with Crippen LogP contribution in [0, 0.1) is 13.8 Å². The number of halogens is 1. The van der Waals surface area contributed by atoms with Gasteiger partial charge < -0.3 is 24.7 Å². The average Bonchev–Trinajstić information content (AvgIpc) is 3.02. The Morgan fingerprint density at radius 2 is 1.97 bits per heavy atom. The monoisotopic (exact) mass is 544 g/mol. The molecule has 0 aliphatic rings. The highest BCUT2D eigenvalue weighted by atomic mass is 127. The SMILES string of the molecule is CCOCCCNC(=NCc1ccc(C)cc1OC(C)C)NCc1nnc(C)n1C.I. The van der Waals surface area contributed by atoms with Crippen LogP contribution in [0.15, 0.2) is 23.2 Å². The largest absolute Gasteiger partial charge is 0.491 e. The van der Waals surface area contributed by atoms with E-state index in [2.05, 4.69) is 46.0 Å². The van der Waals surface area contributed by atoms with Crippen LogP contribution in [0.3, 0.4) is 0 Å². The minimum Gasteiger partial charge on any atom is -0.491 e. The van der Waals surface area contributed by atoms with Crippen LogP contribution in [0.5, 0.6) is 5.75 Å². The number of hydrogen-bond donors (Lipinski definition) is 2. The van der Waals surface area contributed by atoms with Gasteiger partial charge in [-0.15, -0.1) is 34.2 Å². The van der Waals surface area contributed by atoms with E-state index in [1.54, 1.807) is 0 Å². The van der Waals surface area contributed by atoms with Gasteiger partial charge in [0.1, 0.15) is 11.6 Å². The lowest BCUT2D eigenvalue weighted by atomic mass is 10.1. The topological polar surface area (TPSA) is 85.6 Å². The number of benzene rings is 1. The minimum absolute atomic E-state index is 0. The van der Waals surface area contributed by atoms with Crippen molar-refractivity contribution in [3.8, 4) is 5.75 Å². The first-order chi connectivity index (χ1) is 14.4. The van der Waals surface area contributed by atoms with E-state index < -0.39 is 0 Å². The molecule has 0 saturated carbocycles. The van der Waals surface area contributed by atoms with E-state index in [-0.39, 0.29) is 30.1 Å². The summed E-state index contributed by atoms with van der Waals surface area (Å²) in [6.07, 6.45) is 1.02. The summed E-state index contributed by atoms with van der Waals surface area (Å²) in [7, 11) is 1.96. The molecule has 0 aliphatic heterocycles. The summed E-state index contributed by atoms with van der Waals surface area (Å²) in [5.41, 5.74) is 2.22. The first-order valence-corrected chi connectivity index (χ1v) is 10.6. The Balaban J connectivity index is 0.00000480. The van der Waals surface area contributed by atoms with Crippen molar-refractivity contribution in [3.05, 3.63) is 41.0 Å². The Hall–Kier alpha value is -1.88. The first-order valence-electron chi connectivity index (χ1n) is 10.6. The van der Waals surface area contributed by atoms with Crippen molar-refractivity contribution in [2.75, 3.05) is 19.8 Å². The summed E-state index contributed by atoms with van der Waals surface area (Å²) in [6.45, 7) is 13.4. The Morgan fingerprint density at radius 3 is 2.61 bits per heavy atom. The second-order valence-electron chi connectivity index (χ2n) is 7.50. The van der Waals surface area contributed by atoms with Gasteiger partial charge in [-0.3, -0.25) is 0 Å². The van der Waals surface area contributed by atoms with E-state index >= 15 is 0 Å². The quantitative estimate of drug-likeness (QED) is 0.195. The third-order valence-corrected chi connectivity index (χ3v) is 4.55. The van der Waals surface area contributed by atoms with Crippen LogP contribution in [-0.4, -0.2) is 46.6 Å². The number of hydrogen-bond acceptors (Lipinski definition) is 5. The summed E-state index contributed by atoms with van der Waals surface area (Å²) < 4.78 is 13.4. The number of nitrogens with zero attached hydrogens (tertiary/aromatic N) is 4. The third-order valence-electron chi connectivity index (χ3n) is 4.55. The molecule has 2 aromatic rings. The van der Waals surface area contributed by atoms with Gasteiger partial charge in [0.15, 0.2) is 11.8 Å². The van der Waals surface area contributed by atoms with E-state index in [9.17, 15) is 0 Å². The van der Waals surface area contributed by atoms with Crippen molar-refractivity contribution in [2.45, 2.75) is 60.2 Å². The van der Waals surface area contributed by atoms with E-state index in [1.165, 1.54) is 5.56 Å². The molecular formula is C22H37IN6O2. The maximum atomic E-state index is 5.98. The molecule has 2 rings (SSSR count). The Kier molecular flexibility index (Phi) is 12.5. The summed E-state index contributed by atoms with van der Waals surface area (Å²) in [5, 5.41) is 15.1. The molecule has 0 spiro atoms. The molecule has 0 radical (unpaired) electrons. The van der Waals surface area contributed by atoms with E-state index in [0.717, 1.165) is 55.1 Å². The number of ether oxygens (including phenoxy) is 2. The zero-order valence-corrected chi connectivity index (χ0v) is 21.9. The Labute approximate surface area is 203 Å². The molecule has 1 aromatic heterocycles. The van der Waals surface area contributed by atoms with E-state index in [0.29, 0.717) is 13.1 Å². The molecule has 8 nitrogen and oxygen atoms in total. The highest BCUT2D eigenvalue weighted by molar-refractivity contribution is 14.0. The number of rotatable bonds is 11. The molecule has 9 heteroatoms. The van der Waals surface area contributed by atoms with Gasteiger partial charge in [0.05, 0.1) is 19.2 Å². The summed E-state index contributed by atoms with van der Waals surface area (Å²) in [4.78, 5) is 4.78. The standard InChI is InChI=1S/C22H36N6O2.HI/c1-7-29-12-8-11-23-22(25-15-21-27-26-18(5)28(21)6)24-14-19-10-9-17(4)13-20(19)30-16(2)3;/h9-10,13,16H,7-8,11-12,14-15H2,1-6H3,(H2,23,24,25);1H. The highest BCUT2D eigenvalue weighted by Crippen LogP contribution is 2.22. The number of aliphatic imine (C=N–C) groups is 1. The van der Waals surface area contributed by atoms with Crippen molar-refractivity contribution < 1.29 is 9.47 Å². The Morgan fingerprint density at radius 1 is 1.19 bits per heavy atom. The summed E-state index contributed by atoms with van der Waals surface area (Å²) in [5.74, 6) is 3.34. The minimum atomic E-state index is 0. The fourth-order valence-corrected chi connectivity index (χ4v) is 2.79. The van der Waals surface area contributed by atoms with Gasteiger partial charge in [0.2, 0.25) is 0 Å². The molecule has 31 heavy (non-hydrogen) atoms. The van der Waals surface area contributed by atoms with Crippen LogP contribution in [-0.2, 0) is 24.9 Å². The molecular weight excluding hydrogens is 507 g/mol. The molecule has 0 fully saturated rings. The van der Waals surface area contributed by atoms with E-state index in [4.69, 9.17) is 14.5 Å². The highest BCUT2D eigenvalue weighted by Gasteiger charge is 2.09. The van der Waals surface area contributed by atoms with Gasteiger partial charge in [0.25, 0.3) is 0 Å². The summed E-state index contributed by atoms with van der Waals surface area (Å²) >= 11 is 0. The second-order valence-corrected chi connectivity index (χ2v) is 7.50. The summed E-state index contributed by atoms with van der Waals surface area (Å²) in [6, 6.07) is 6.23. The first kappa shape index (κ1) is 27.2. The molecule has 0 saturated heterocycles. The smallest absolute Gasteiger partial charge is 0.191 e. The predicted molar refractivity (Wildman–Crippen MR) is 135 cm³/mol. The number of nitrogens with one attached hydrogen (secondary N) is 2. The van der Waals surface area contributed by atoms with Crippen molar-refractivity contribution in [1.29, 1.82) is 0 Å². The van der Waals surface area contributed by atoms with Crippen LogP contribution >= 0.6 is 24.0 Å². The molecule has 0 bridgehead atoms.